The van der Waals surface area contributed by atoms with Gasteiger partial charge in [0.15, 0.2) is 0 Å². The number of carbonyl (C=O) groups excluding carboxylic acids is 1. The third kappa shape index (κ3) is 5.74. The first-order chi connectivity index (χ1) is 19.7. The molecular formula is C31H37ClN2O6S. The SMILES string of the molecule is O=C1NS(=O)(=O)C[C@@H](CO)C/C=C/[C@H](O)[C@@H]2CC[C@H]2CN2C[C@@]3(CCCc4cc(Cl)ccc43)COc3ccc1cc32. The average molecular weight is 601 g/mol. The van der Waals surface area contributed by atoms with Crippen LogP contribution < -0.4 is 14.4 Å². The normalized spacial score (nSPS) is 32.0. The van der Waals surface area contributed by atoms with E-state index in [4.69, 9.17) is 16.3 Å². The van der Waals surface area contributed by atoms with Gasteiger partial charge in [-0.25, -0.2) is 13.1 Å². The van der Waals surface area contributed by atoms with E-state index in [0.29, 0.717) is 25.4 Å². The molecule has 1 saturated carbocycles. The van der Waals surface area contributed by atoms with E-state index >= 15 is 0 Å². The molecule has 2 heterocycles. The molecule has 2 aliphatic heterocycles. The van der Waals surface area contributed by atoms with Crippen molar-refractivity contribution < 1.29 is 28.2 Å². The summed E-state index contributed by atoms with van der Waals surface area (Å²) in [6.07, 6.45) is 7.93. The number of amides is 1. The quantitative estimate of drug-likeness (QED) is 0.426. The predicted octanol–water partition coefficient (Wildman–Crippen LogP) is 3.83. The number of sulfonamides is 1. The second kappa shape index (κ2) is 11.2. The standard InChI is InChI=1S/C31H37ClN2O6S/c32-24-8-10-26-21(13-24)4-2-12-31(26)18-34-15-23-6-9-25(23)28(36)5-1-3-20(16-35)17-41(38,39)33-30(37)22-7-11-29(40-19-31)27(34)14-22/h1,5,7-8,10-11,13-14,20,23,25,28,35-36H,2-4,6,9,12,15-19H2,(H,33,37)/b5-1+/t20-,23+,25-,28+,31+/m1/s1. The van der Waals surface area contributed by atoms with Gasteiger partial charge in [0.2, 0.25) is 10.0 Å². The molecule has 6 rings (SSSR count). The second-order valence-electron chi connectivity index (χ2n) is 12.2. The first kappa shape index (κ1) is 28.5. The van der Waals surface area contributed by atoms with Crippen LogP contribution in [0.2, 0.25) is 5.02 Å². The van der Waals surface area contributed by atoms with Crippen molar-refractivity contribution in [1.29, 1.82) is 0 Å². The Morgan fingerprint density at radius 1 is 1.17 bits per heavy atom. The maximum absolute atomic E-state index is 13.2. The fourth-order valence-corrected chi connectivity index (χ4v) is 8.65. The first-order valence-corrected chi connectivity index (χ1v) is 16.5. The lowest BCUT2D eigenvalue weighted by Crippen LogP contribution is -2.49. The topological polar surface area (TPSA) is 116 Å². The summed E-state index contributed by atoms with van der Waals surface area (Å²) in [5, 5.41) is 21.5. The van der Waals surface area contributed by atoms with Crippen LogP contribution in [0, 0.1) is 17.8 Å². The van der Waals surface area contributed by atoms with Gasteiger partial charge in [0.25, 0.3) is 5.91 Å². The molecular weight excluding hydrogens is 564 g/mol. The molecule has 0 saturated heterocycles. The van der Waals surface area contributed by atoms with E-state index in [-0.39, 0.29) is 35.8 Å². The lowest BCUT2D eigenvalue weighted by molar-refractivity contribution is 0.0455. The lowest BCUT2D eigenvalue weighted by atomic mass is 9.68. The number of nitrogens with zero attached hydrogens (tertiary/aromatic N) is 1. The molecule has 41 heavy (non-hydrogen) atoms. The summed E-state index contributed by atoms with van der Waals surface area (Å²) in [5.74, 6) is -0.725. The summed E-state index contributed by atoms with van der Waals surface area (Å²) >= 11 is 6.36. The van der Waals surface area contributed by atoms with Crippen LogP contribution in [0.5, 0.6) is 5.75 Å². The number of nitrogens with one attached hydrogen (secondary N) is 1. The zero-order chi connectivity index (χ0) is 28.8. The van der Waals surface area contributed by atoms with Crippen molar-refractivity contribution in [3.05, 3.63) is 70.3 Å². The van der Waals surface area contributed by atoms with Crippen LogP contribution >= 0.6 is 11.6 Å². The number of aryl methyl sites for hydroxylation is 1. The molecule has 4 aliphatic rings. The first-order valence-electron chi connectivity index (χ1n) is 14.5. The Kier molecular flexibility index (Phi) is 7.82. The van der Waals surface area contributed by atoms with E-state index in [1.807, 2.05) is 6.07 Å². The second-order valence-corrected chi connectivity index (χ2v) is 14.4. The zero-order valence-electron chi connectivity index (χ0n) is 23.0. The van der Waals surface area contributed by atoms with E-state index in [1.54, 1.807) is 30.4 Å². The van der Waals surface area contributed by atoms with Gasteiger partial charge in [-0.15, -0.1) is 0 Å². The number of aliphatic hydroxyl groups excluding tert-OH is 2. The molecule has 2 bridgehead atoms. The van der Waals surface area contributed by atoms with Crippen LogP contribution in [0.15, 0.2) is 48.6 Å². The average Bonchev–Trinajstić information content (AvgIpc) is 3.06. The van der Waals surface area contributed by atoms with Gasteiger partial charge in [-0.05, 0) is 91.8 Å². The number of anilines is 1. The number of fused-ring (bicyclic) bond motifs is 4. The van der Waals surface area contributed by atoms with Crippen molar-refractivity contribution in [2.75, 3.05) is 37.0 Å². The highest BCUT2D eigenvalue weighted by atomic mass is 35.5. The minimum absolute atomic E-state index is 0.0722. The largest absolute Gasteiger partial charge is 0.490 e. The van der Waals surface area contributed by atoms with Gasteiger partial charge < -0.3 is 19.8 Å². The van der Waals surface area contributed by atoms with E-state index in [0.717, 1.165) is 42.8 Å². The Balaban J connectivity index is 1.41. The Bertz CT molecular complexity index is 1460. The van der Waals surface area contributed by atoms with Crippen molar-refractivity contribution in [3.8, 4) is 5.75 Å². The summed E-state index contributed by atoms with van der Waals surface area (Å²) in [7, 11) is -4.00. The molecule has 2 aliphatic carbocycles. The maximum atomic E-state index is 13.2. The minimum Gasteiger partial charge on any atom is -0.490 e. The molecule has 1 amide bonds. The van der Waals surface area contributed by atoms with Crippen LogP contribution in [-0.4, -0.2) is 62.7 Å². The molecule has 0 aromatic heterocycles. The van der Waals surface area contributed by atoms with Crippen molar-refractivity contribution in [3.63, 3.8) is 0 Å². The van der Waals surface area contributed by atoms with Gasteiger partial charge in [-0.2, -0.15) is 0 Å². The summed E-state index contributed by atoms with van der Waals surface area (Å²) in [6, 6.07) is 11.2. The molecule has 10 heteroatoms. The number of rotatable bonds is 1. The van der Waals surface area contributed by atoms with Crippen LogP contribution in [-0.2, 0) is 21.9 Å². The predicted molar refractivity (Wildman–Crippen MR) is 158 cm³/mol. The fourth-order valence-electron chi connectivity index (χ4n) is 7.11. The smallest absolute Gasteiger partial charge is 0.264 e. The summed E-state index contributed by atoms with van der Waals surface area (Å²) in [6.45, 7) is 1.49. The van der Waals surface area contributed by atoms with E-state index in [1.165, 1.54) is 11.1 Å². The molecule has 220 valence electrons. The molecule has 2 aromatic carbocycles. The highest BCUT2D eigenvalue weighted by molar-refractivity contribution is 7.90. The third-order valence-electron chi connectivity index (χ3n) is 9.43. The number of aliphatic hydroxyl groups is 2. The number of ether oxygens (including phenoxy) is 1. The Labute approximate surface area is 246 Å². The van der Waals surface area contributed by atoms with E-state index < -0.39 is 33.7 Å². The Morgan fingerprint density at radius 3 is 2.80 bits per heavy atom. The third-order valence-corrected chi connectivity index (χ3v) is 11.1. The zero-order valence-corrected chi connectivity index (χ0v) is 24.5. The number of hydrogen-bond donors (Lipinski definition) is 3. The number of allylic oxidation sites excluding steroid dienone is 1. The molecule has 5 atom stereocenters. The van der Waals surface area contributed by atoms with Crippen molar-refractivity contribution in [2.24, 2.45) is 17.8 Å². The minimum atomic E-state index is -4.00. The van der Waals surface area contributed by atoms with Crippen molar-refractivity contribution in [2.45, 2.75) is 50.0 Å². The Hall–Kier alpha value is -2.59. The monoisotopic (exact) mass is 600 g/mol. The number of carbonyl (C=O) groups is 1. The summed E-state index contributed by atoms with van der Waals surface area (Å²) in [4.78, 5) is 15.5. The number of hydrogen-bond acceptors (Lipinski definition) is 7. The molecule has 1 spiro atoms. The molecule has 2 aromatic rings. The molecule has 8 nitrogen and oxygen atoms in total. The number of benzene rings is 2. The molecule has 1 fully saturated rings. The van der Waals surface area contributed by atoms with Gasteiger partial charge in [-0.1, -0.05) is 29.8 Å². The summed E-state index contributed by atoms with van der Waals surface area (Å²) in [5.41, 5.74) is 3.18. The van der Waals surface area contributed by atoms with Crippen LogP contribution in [0.1, 0.15) is 53.6 Å². The van der Waals surface area contributed by atoms with Gasteiger partial charge in [0.05, 0.1) is 24.2 Å². The van der Waals surface area contributed by atoms with Crippen molar-refractivity contribution >= 4 is 33.2 Å². The van der Waals surface area contributed by atoms with Crippen molar-refractivity contribution in [1.82, 2.24) is 4.72 Å². The van der Waals surface area contributed by atoms with Crippen LogP contribution in [0.4, 0.5) is 5.69 Å². The van der Waals surface area contributed by atoms with Gasteiger partial charge >= 0.3 is 0 Å². The lowest BCUT2D eigenvalue weighted by Gasteiger charge is -2.45. The van der Waals surface area contributed by atoms with Gasteiger partial charge in [0, 0.05) is 41.6 Å². The van der Waals surface area contributed by atoms with E-state index in [9.17, 15) is 23.4 Å². The number of halogens is 1. The summed E-state index contributed by atoms with van der Waals surface area (Å²) < 4.78 is 34.4. The Morgan fingerprint density at radius 2 is 2.02 bits per heavy atom. The highest BCUT2D eigenvalue weighted by Crippen LogP contribution is 2.46. The highest BCUT2D eigenvalue weighted by Gasteiger charge is 2.44. The molecule has 0 unspecified atom stereocenters. The van der Waals surface area contributed by atoms with Gasteiger partial charge in [0.1, 0.15) is 5.75 Å². The van der Waals surface area contributed by atoms with Gasteiger partial charge in [-0.3, -0.25) is 4.79 Å². The maximum Gasteiger partial charge on any atom is 0.264 e. The molecule has 0 radical (unpaired) electrons. The van der Waals surface area contributed by atoms with Crippen LogP contribution in [0.3, 0.4) is 0 Å². The van der Waals surface area contributed by atoms with Crippen LogP contribution in [0.25, 0.3) is 0 Å². The fraction of sp³-hybridized carbons (Fsp3) is 0.516. The van der Waals surface area contributed by atoms with E-state index in [2.05, 4.69) is 21.8 Å². The molecule has 3 N–H and O–H groups in total.